The lowest BCUT2D eigenvalue weighted by Gasteiger charge is -2.16. The summed E-state index contributed by atoms with van der Waals surface area (Å²) in [6.45, 7) is 0.831. The van der Waals surface area contributed by atoms with Crippen LogP contribution in [-0.2, 0) is 10.0 Å². The Morgan fingerprint density at radius 1 is 1.06 bits per heavy atom. The number of rotatable bonds is 8. The molecule has 0 aliphatic heterocycles. The number of sulfonamides is 1. The van der Waals surface area contributed by atoms with Gasteiger partial charge >= 0.3 is 0 Å². The number of aromatic nitrogens is 1. The molecule has 0 aliphatic carbocycles. The lowest BCUT2D eigenvalue weighted by atomic mass is 10.0. The van der Waals surface area contributed by atoms with Gasteiger partial charge in [0.1, 0.15) is 11.6 Å². The van der Waals surface area contributed by atoms with Crippen molar-refractivity contribution in [2.45, 2.75) is 20.7 Å². The van der Waals surface area contributed by atoms with Crippen LogP contribution >= 0.6 is 0 Å². The minimum atomic E-state index is -3.62. The number of hydrogen-bond donors (Lipinski definition) is 1. The van der Waals surface area contributed by atoms with Crippen molar-refractivity contribution in [3.05, 3.63) is 65.9 Å². The highest BCUT2D eigenvalue weighted by Crippen LogP contribution is 2.38. The molecule has 1 aromatic heterocycles. The van der Waals surface area contributed by atoms with Crippen LogP contribution in [0.25, 0.3) is 11.1 Å². The molecule has 0 saturated heterocycles. The van der Waals surface area contributed by atoms with E-state index in [1.54, 1.807) is 6.92 Å². The first-order valence-electron chi connectivity index (χ1n) is 10.8. The Hall–Kier alpha value is -3.20. The number of benzene rings is 2. The number of ether oxygens (including phenoxy) is 2. The summed E-state index contributed by atoms with van der Waals surface area (Å²) in [6, 6.07) is 9.74. The molecular weight excluding hydrogens is 426 g/mol. The minimum Gasteiger partial charge on any atom is -0.478 e. The molecule has 0 aliphatic rings. The quantitative estimate of drug-likeness (QED) is 0.504. The van der Waals surface area contributed by atoms with Crippen molar-refractivity contribution in [3.63, 3.8) is 0 Å². The highest BCUT2D eigenvalue weighted by Gasteiger charge is 2.16. The molecular formula is C22H22F2N2O4S. The number of pyridine rings is 1. The van der Waals surface area contributed by atoms with Crippen LogP contribution in [0, 0.1) is 18.5 Å². The van der Waals surface area contributed by atoms with Crippen molar-refractivity contribution < 1.29 is 30.8 Å². The Kier molecular flexibility index (Phi) is 5.57. The van der Waals surface area contributed by atoms with Gasteiger partial charge in [0.2, 0.25) is 15.9 Å². The average molecular weight is 452 g/mol. The van der Waals surface area contributed by atoms with Crippen LogP contribution in [-0.4, -0.2) is 25.8 Å². The van der Waals surface area contributed by atoms with Crippen LogP contribution in [0.15, 0.2) is 48.5 Å². The van der Waals surface area contributed by atoms with Crippen LogP contribution in [0.3, 0.4) is 0 Å². The zero-order valence-electron chi connectivity index (χ0n) is 19.8. The second-order valence-corrected chi connectivity index (χ2v) is 8.42. The summed E-state index contributed by atoms with van der Waals surface area (Å²) in [5, 5.41) is 0. The Labute approximate surface area is 184 Å². The Bertz CT molecular complexity index is 1300. The van der Waals surface area contributed by atoms with E-state index in [9.17, 15) is 17.2 Å². The zero-order valence-corrected chi connectivity index (χ0v) is 17.6. The van der Waals surface area contributed by atoms with Gasteiger partial charge < -0.3 is 9.47 Å². The van der Waals surface area contributed by atoms with Gasteiger partial charge in [0, 0.05) is 33.2 Å². The van der Waals surface area contributed by atoms with Crippen molar-refractivity contribution in [1.29, 1.82) is 0 Å². The van der Waals surface area contributed by atoms with Crippen LogP contribution in [0.5, 0.6) is 17.4 Å². The molecule has 0 amide bonds. The van der Waals surface area contributed by atoms with E-state index in [4.69, 9.17) is 13.6 Å². The van der Waals surface area contributed by atoms with Crippen LogP contribution in [0.2, 0.25) is 0 Å². The predicted octanol–water partition coefficient (Wildman–Crippen LogP) is 5.29. The van der Waals surface area contributed by atoms with Crippen molar-refractivity contribution in [1.82, 2.24) is 4.98 Å². The number of nitrogens with one attached hydrogen (secondary N) is 1. The number of aryl methyl sites for hydroxylation is 1. The third-order valence-electron chi connectivity index (χ3n) is 4.15. The van der Waals surface area contributed by atoms with E-state index in [0.29, 0.717) is 6.07 Å². The molecule has 3 rings (SSSR count). The first-order valence-corrected chi connectivity index (χ1v) is 11.0. The molecule has 3 aromatic rings. The molecule has 1 N–H and O–H groups in total. The second-order valence-electron chi connectivity index (χ2n) is 6.41. The van der Waals surface area contributed by atoms with E-state index < -0.39 is 28.5 Å². The minimum absolute atomic E-state index is 0.0320. The fourth-order valence-corrected chi connectivity index (χ4v) is 3.35. The maximum atomic E-state index is 14.2. The molecule has 0 atom stereocenters. The van der Waals surface area contributed by atoms with E-state index in [-0.39, 0.29) is 52.2 Å². The second kappa shape index (κ2) is 9.30. The summed E-state index contributed by atoms with van der Waals surface area (Å²) in [7, 11) is -3.62. The standard InChI is InChI=1S/C22H22F2N2O4S/c1-4-29-22-11-15(10-14(3)25-22)18-13-17(26-31(27,28)5-2)7-9-20(18)30-21-8-6-16(23)12-19(21)24/h6-13,26H,4-5H2,1-3H3/i3D3. The fourth-order valence-electron chi connectivity index (χ4n) is 2.72. The van der Waals surface area contributed by atoms with E-state index in [0.717, 1.165) is 12.1 Å². The van der Waals surface area contributed by atoms with Crippen LogP contribution in [0.4, 0.5) is 14.5 Å². The van der Waals surface area contributed by atoms with Gasteiger partial charge in [-0.15, -0.1) is 0 Å². The third kappa shape index (κ3) is 5.69. The maximum absolute atomic E-state index is 14.2. The van der Waals surface area contributed by atoms with Crippen molar-refractivity contribution in [2.75, 3.05) is 17.1 Å². The van der Waals surface area contributed by atoms with Crippen LogP contribution < -0.4 is 14.2 Å². The Morgan fingerprint density at radius 2 is 1.84 bits per heavy atom. The van der Waals surface area contributed by atoms with Gasteiger partial charge in [0.25, 0.3) is 0 Å². The third-order valence-corrected chi connectivity index (χ3v) is 5.46. The SMILES string of the molecule is [2H]C([2H])([2H])c1cc(-c2cc(NS(=O)(=O)CC)ccc2Oc2ccc(F)cc2F)cc(OCC)n1. The number of halogens is 2. The summed E-state index contributed by atoms with van der Waals surface area (Å²) in [5.74, 6) is -2.09. The molecule has 9 heteroatoms. The fraction of sp³-hybridized carbons (Fsp3) is 0.227. The number of anilines is 1. The first-order chi connectivity index (χ1) is 15.9. The van der Waals surface area contributed by atoms with Crippen LogP contribution in [0.1, 0.15) is 23.7 Å². The topological polar surface area (TPSA) is 77.5 Å². The zero-order chi connectivity index (χ0) is 25.1. The van der Waals surface area contributed by atoms with Crippen molar-refractivity contribution in [2.24, 2.45) is 0 Å². The molecule has 0 bridgehead atoms. The summed E-state index contributed by atoms with van der Waals surface area (Å²) < 4.78 is 88.4. The molecule has 164 valence electrons. The summed E-state index contributed by atoms with van der Waals surface area (Å²) >= 11 is 0. The summed E-state index contributed by atoms with van der Waals surface area (Å²) in [6.07, 6.45) is 0. The molecule has 0 radical (unpaired) electrons. The van der Waals surface area contributed by atoms with Gasteiger partial charge in [-0.2, -0.15) is 0 Å². The van der Waals surface area contributed by atoms with E-state index >= 15 is 0 Å². The summed E-state index contributed by atoms with van der Waals surface area (Å²) in [4.78, 5) is 4.01. The molecule has 0 spiro atoms. The van der Waals surface area contributed by atoms with Gasteiger partial charge in [-0.05, 0) is 62.7 Å². The lowest BCUT2D eigenvalue weighted by molar-refractivity contribution is 0.326. The monoisotopic (exact) mass is 451 g/mol. The number of hydrogen-bond acceptors (Lipinski definition) is 5. The van der Waals surface area contributed by atoms with E-state index in [1.807, 2.05) is 0 Å². The molecule has 0 saturated carbocycles. The Balaban J connectivity index is 2.20. The molecule has 1 heterocycles. The van der Waals surface area contributed by atoms with Gasteiger partial charge in [-0.1, -0.05) is 0 Å². The average Bonchev–Trinajstić information content (AvgIpc) is 2.76. The largest absolute Gasteiger partial charge is 0.478 e. The highest BCUT2D eigenvalue weighted by atomic mass is 32.2. The van der Waals surface area contributed by atoms with Gasteiger partial charge in [0.15, 0.2) is 11.6 Å². The molecule has 31 heavy (non-hydrogen) atoms. The smallest absolute Gasteiger partial charge is 0.232 e. The van der Waals surface area contributed by atoms with Gasteiger partial charge in [-0.3, -0.25) is 4.72 Å². The van der Waals surface area contributed by atoms with Crippen molar-refractivity contribution in [3.8, 4) is 28.5 Å². The Morgan fingerprint density at radius 3 is 2.52 bits per heavy atom. The molecule has 6 nitrogen and oxygen atoms in total. The molecule has 0 fully saturated rings. The summed E-state index contributed by atoms with van der Waals surface area (Å²) in [5.41, 5.74) is 0.425. The molecule has 2 aromatic carbocycles. The van der Waals surface area contributed by atoms with Gasteiger partial charge in [-0.25, -0.2) is 22.2 Å². The lowest BCUT2D eigenvalue weighted by Crippen LogP contribution is -2.14. The van der Waals surface area contributed by atoms with Crippen molar-refractivity contribution >= 4 is 15.7 Å². The molecule has 0 unspecified atom stereocenters. The van der Waals surface area contributed by atoms with E-state index in [1.165, 1.54) is 37.3 Å². The normalized spacial score (nSPS) is 13.1. The first kappa shape index (κ1) is 18.6. The van der Waals surface area contributed by atoms with Gasteiger partial charge in [0.05, 0.1) is 12.4 Å². The predicted molar refractivity (Wildman–Crippen MR) is 115 cm³/mol. The number of nitrogens with zero attached hydrogens (tertiary/aromatic N) is 1. The highest BCUT2D eigenvalue weighted by molar-refractivity contribution is 7.92. The van der Waals surface area contributed by atoms with E-state index in [2.05, 4.69) is 9.71 Å². The maximum Gasteiger partial charge on any atom is 0.232 e.